The molecular weight excluding hydrogens is 498 g/mol. The molecular formula is C30H49N3O6. The van der Waals surface area contributed by atoms with Gasteiger partial charge >= 0.3 is 12.1 Å². The van der Waals surface area contributed by atoms with E-state index in [2.05, 4.69) is 17.6 Å². The minimum Gasteiger partial charge on any atom is -0.466 e. The van der Waals surface area contributed by atoms with Gasteiger partial charge in [-0.15, -0.1) is 0 Å². The summed E-state index contributed by atoms with van der Waals surface area (Å²) in [6.07, 6.45) is 4.17. The predicted molar refractivity (Wildman–Crippen MR) is 152 cm³/mol. The largest absolute Gasteiger partial charge is 0.466 e. The van der Waals surface area contributed by atoms with Crippen LogP contribution in [0, 0.1) is 13.8 Å². The van der Waals surface area contributed by atoms with E-state index in [-0.39, 0.29) is 31.4 Å². The van der Waals surface area contributed by atoms with Crippen LogP contribution in [0.5, 0.6) is 0 Å². The lowest BCUT2D eigenvalue weighted by molar-refractivity contribution is -0.144. The van der Waals surface area contributed by atoms with Crippen molar-refractivity contribution in [3.63, 3.8) is 0 Å². The average Bonchev–Trinajstić information content (AvgIpc) is 2.83. The van der Waals surface area contributed by atoms with Crippen molar-refractivity contribution in [2.24, 2.45) is 0 Å². The summed E-state index contributed by atoms with van der Waals surface area (Å²) in [7, 11) is 0. The molecule has 0 aromatic heterocycles. The maximum Gasteiger partial charge on any atom is 0.408 e. The van der Waals surface area contributed by atoms with Gasteiger partial charge in [0.1, 0.15) is 17.7 Å². The van der Waals surface area contributed by atoms with Gasteiger partial charge in [0, 0.05) is 13.1 Å². The second kappa shape index (κ2) is 16.8. The molecule has 9 nitrogen and oxygen atoms in total. The van der Waals surface area contributed by atoms with Gasteiger partial charge in [0.25, 0.3) is 0 Å². The number of amides is 3. The first-order chi connectivity index (χ1) is 18.3. The van der Waals surface area contributed by atoms with E-state index >= 15 is 0 Å². The Morgan fingerprint density at radius 2 is 1.67 bits per heavy atom. The van der Waals surface area contributed by atoms with Crippen LogP contribution in [0.1, 0.15) is 103 Å². The van der Waals surface area contributed by atoms with E-state index in [0.29, 0.717) is 18.5 Å². The third kappa shape index (κ3) is 12.5. The van der Waals surface area contributed by atoms with Gasteiger partial charge in [-0.3, -0.25) is 14.4 Å². The Labute approximate surface area is 234 Å². The summed E-state index contributed by atoms with van der Waals surface area (Å²) in [4.78, 5) is 53.4. The Balaban J connectivity index is 3.33. The third-order valence-corrected chi connectivity index (χ3v) is 6.11. The molecule has 0 fully saturated rings. The molecule has 0 saturated heterocycles. The summed E-state index contributed by atoms with van der Waals surface area (Å²) in [5.74, 6) is -1.18. The number of esters is 1. The number of hydrogen-bond donors (Lipinski definition) is 2. The lowest BCUT2D eigenvalue weighted by Gasteiger charge is -2.34. The van der Waals surface area contributed by atoms with E-state index in [1.165, 1.54) is 0 Å². The Kier molecular flexibility index (Phi) is 14.6. The van der Waals surface area contributed by atoms with Gasteiger partial charge in [-0.2, -0.15) is 0 Å². The van der Waals surface area contributed by atoms with Crippen LogP contribution in [0.25, 0.3) is 0 Å². The topological polar surface area (TPSA) is 114 Å². The molecule has 3 amide bonds. The minimum atomic E-state index is -0.936. The molecule has 1 rings (SSSR count). The molecule has 2 N–H and O–H groups in total. The number of nitrogens with zero attached hydrogens (tertiary/aromatic N) is 1. The normalized spacial score (nSPS) is 12.7. The van der Waals surface area contributed by atoms with Crippen molar-refractivity contribution < 1.29 is 28.7 Å². The van der Waals surface area contributed by atoms with Crippen LogP contribution in [-0.4, -0.2) is 60.1 Å². The van der Waals surface area contributed by atoms with Crippen molar-refractivity contribution in [1.29, 1.82) is 0 Å². The van der Waals surface area contributed by atoms with Gasteiger partial charge in [-0.1, -0.05) is 56.4 Å². The highest BCUT2D eigenvalue weighted by Gasteiger charge is 2.35. The fraction of sp³-hybridized carbons (Fsp3) is 0.667. The highest BCUT2D eigenvalue weighted by Crippen LogP contribution is 2.27. The van der Waals surface area contributed by atoms with Crippen molar-refractivity contribution in [3.05, 3.63) is 34.9 Å². The summed E-state index contributed by atoms with van der Waals surface area (Å²) in [6, 6.07) is 3.94. The molecule has 0 aliphatic heterocycles. The molecule has 2 unspecified atom stereocenters. The Morgan fingerprint density at radius 3 is 2.28 bits per heavy atom. The zero-order chi connectivity index (χ0) is 29.6. The second-order valence-electron chi connectivity index (χ2n) is 10.9. The summed E-state index contributed by atoms with van der Waals surface area (Å²) >= 11 is 0. The first-order valence-electron chi connectivity index (χ1n) is 14.1. The van der Waals surface area contributed by atoms with Gasteiger partial charge in [0.05, 0.1) is 13.0 Å². The number of carbonyl (C=O) groups excluding carboxylic acids is 4. The molecule has 0 bridgehead atoms. The number of carbonyl (C=O) groups is 4. The Hall–Kier alpha value is -3.10. The molecule has 0 spiro atoms. The fourth-order valence-corrected chi connectivity index (χ4v) is 4.17. The molecule has 0 heterocycles. The average molecular weight is 548 g/mol. The first-order valence-corrected chi connectivity index (χ1v) is 14.1. The monoisotopic (exact) mass is 547 g/mol. The van der Waals surface area contributed by atoms with E-state index < -0.39 is 29.7 Å². The van der Waals surface area contributed by atoms with Crippen molar-refractivity contribution in [3.8, 4) is 0 Å². The zero-order valence-corrected chi connectivity index (χ0v) is 25.1. The predicted octanol–water partition coefficient (Wildman–Crippen LogP) is 5.13. The Morgan fingerprint density at radius 1 is 1.00 bits per heavy atom. The van der Waals surface area contributed by atoms with Gasteiger partial charge in [0.15, 0.2) is 0 Å². The number of rotatable bonds is 15. The Bertz CT molecular complexity index is 957. The maximum atomic E-state index is 13.8. The molecule has 2 atom stereocenters. The number of ether oxygens (including phenoxy) is 2. The first kappa shape index (κ1) is 33.9. The van der Waals surface area contributed by atoms with Crippen molar-refractivity contribution >= 4 is 23.9 Å². The van der Waals surface area contributed by atoms with Crippen LogP contribution in [0.15, 0.2) is 18.2 Å². The second-order valence-corrected chi connectivity index (χ2v) is 10.9. The molecule has 39 heavy (non-hydrogen) atoms. The van der Waals surface area contributed by atoms with E-state index in [4.69, 9.17) is 9.47 Å². The highest BCUT2D eigenvalue weighted by atomic mass is 16.6. The van der Waals surface area contributed by atoms with E-state index in [0.717, 1.165) is 36.8 Å². The molecule has 9 heteroatoms. The van der Waals surface area contributed by atoms with E-state index in [1.807, 2.05) is 32.0 Å². The van der Waals surface area contributed by atoms with E-state index in [9.17, 15) is 19.2 Å². The van der Waals surface area contributed by atoms with Crippen LogP contribution in [0.4, 0.5) is 4.79 Å². The fourth-order valence-electron chi connectivity index (χ4n) is 4.17. The number of alkyl carbamates (subject to hydrolysis) is 1. The summed E-state index contributed by atoms with van der Waals surface area (Å²) in [6.45, 7) is 15.2. The summed E-state index contributed by atoms with van der Waals surface area (Å²) in [5.41, 5.74) is 1.80. The van der Waals surface area contributed by atoms with Crippen molar-refractivity contribution in [2.45, 2.75) is 112 Å². The van der Waals surface area contributed by atoms with Crippen LogP contribution in [0.2, 0.25) is 0 Å². The summed E-state index contributed by atoms with van der Waals surface area (Å²) in [5, 5.41) is 5.45. The number of unbranched alkanes of at least 4 members (excludes halogenated alkanes) is 4. The van der Waals surface area contributed by atoms with Crippen LogP contribution in [0.3, 0.4) is 0 Å². The molecule has 0 saturated carbocycles. The van der Waals surface area contributed by atoms with Gasteiger partial charge in [-0.25, -0.2) is 4.79 Å². The van der Waals surface area contributed by atoms with Crippen LogP contribution < -0.4 is 10.6 Å². The molecule has 0 aliphatic carbocycles. The third-order valence-electron chi connectivity index (χ3n) is 6.11. The molecule has 1 aromatic rings. The minimum absolute atomic E-state index is 0.0284. The molecule has 0 radical (unpaired) electrons. The van der Waals surface area contributed by atoms with Gasteiger partial charge < -0.3 is 25.0 Å². The van der Waals surface area contributed by atoms with E-state index in [1.54, 1.807) is 39.5 Å². The van der Waals surface area contributed by atoms with Crippen molar-refractivity contribution in [2.75, 3.05) is 19.7 Å². The lowest BCUT2D eigenvalue weighted by atomic mass is 9.96. The van der Waals surface area contributed by atoms with Crippen LogP contribution in [-0.2, 0) is 23.9 Å². The zero-order valence-electron chi connectivity index (χ0n) is 25.1. The molecule has 220 valence electrons. The van der Waals surface area contributed by atoms with Crippen LogP contribution >= 0.6 is 0 Å². The molecule has 1 aromatic carbocycles. The maximum absolute atomic E-state index is 13.8. The standard InChI is InChI=1S/C30H49N3O6/c1-9-11-12-13-14-19-33(28(36)23(5)32-29(37)39-30(6,7)8)26(24-20-21(3)15-16-22(24)4)27(35)31-18-17-25(34)38-10-2/h15-16,20,23,26H,9-14,17-19H2,1-8H3,(H,31,35)(H,32,37). The number of aryl methyl sites for hydroxylation is 2. The number of nitrogens with one attached hydrogen (secondary N) is 2. The van der Waals surface area contributed by atoms with Crippen molar-refractivity contribution in [1.82, 2.24) is 15.5 Å². The smallest absolute Gasteiger partial charge is 0.408 e. The lowest BCUT2D eigenvalue weighted by Crippen LogP contribution is -2.52. The SMILES string of the molecule is CCCCCCCN(C(=O)C(C)NC(=O)OC(C)(C)C)C(C(=O)NCCC(=O)OCC)c1cc(C)ccc1C. The highest BCUT2D eigenvalue weighted by molar-refractivity contribution is 5.92. The number of hydrogen-bond acceptors (Lipinski definition) is 6. The quantitative estimate of drug-likeness (QED) is 0.233. The number of benzene rings is 1. The van der Waals surface area contributed by atoms with Gasteiger partial charge in [-0.05, 0) is 66.0 Å². The van der Waals surface area contributed by atoms with Gasteiger partial charge in [0.2, 0.25) is 11.8 Å². The molecule has 0 aliphatic rings. The summed E-state index contributed by atoms with van der Waals surface area (Å²) < 4.78 is 10.3.